The molecule has 0 heterocycles. The first-order chi connectivity index (χ1) is 13.1. The predicted octanol–water partition coefficient (Wildman–Crippen LogP) is 4.00. The van der Waals surface area contributed by atoms with Gasteiger partial charge in [-0.05, 0) is 75.3 Å². The molecule has 146 valence electrons. The smallest absolute Gasteiger partial charge is 0.342 e. The van der Waals surface area contributed by atoms with Crippen molar-refractivity contribution in [1.82, 2.24) is 0 Å². The molecule has 4 fully saturated rings. The molecule has 0 unspecified atom stereocenters. The third kappa shape index (κ3) is 3.69. The molecule has 4 saturated carbocycles. The number of carbonyl (C=O) groups is 2. The van der Waals surface area contributed by atoms with Crippen LogP contribution in [0, 0.1) is 23.2 Å². The first kappa shape index (κ1) is 18.3. The van der Waals surface area contributed by atoms with E-state index in [1.54, 1.807) is 18.2 Å². The number of hydrogen-bond donors (Lipinski definition) is 0. The molecular formula is C22H28O5. The Kier molecular flexibility index (Phi) is 5.11. The highest BCUT2D eigenvalue weighted by Gasteiger charge is 2.55. The van der Waals surface area contributed by atoms with Crippen LogP contribution in [0.25, 0.3) is 0 Å². The SMILES string of the molecule is CCOc1ccccc1C(=O)OCCOC(=O)C12CC3CC(CC(C3)C1)C2. The van der Waals surface area contributed by atoms with Crippen molar-refractivity contribution in [2.45, 2.75) is 45.4 Å². The summed E-state index contributed by atoms with van der Waals surface area (Å²) in [6.45, 7) is 2.53. The molecule has 5 rings (SSSR count). The number of hydrogen-bond acceptors (Lipinski definition) is 5. The van der Waals surface area contributed by atoms with Crippen molar-refractivity contribution in [2.24, 2.45) is 23.2 Å². The molecule has 0 radical (unpaired) electrons. The van der Waals surface area contributed by atoms with Gasteiger partial charge in [-0.2, -0.15) is 0 Å². The quantitative estimate of drug-likeness (QED) is 0.535. The van der Waals surface area contributed by atoms with Crippen LogP contribution in [-0.2, 0) is 14.3 Å². The third-order valence-corrected chi connectivity index (χ3v) is 6.43. The monoisotopic (exact) mass is 372 g/mol. The van der Waals surface area contributed by atoms with Gasteiger partial charge in [0.15, 0.2) is 0 Å². The summed E-state index contributed by atoms with van der Waals surface area (Å²) in [4.78, 5) is 25.0. The lowest BCUT2D eigenvalue weighted by atomic mass is 9.49. The number of carbonyl (C=O) groups excluding carboxylic acids is 2. The minimum atomic E-state index is -0.454. The summed E-state index contributed by atoms with van der Waals surface area (Å²) in [6.07, 6.45) is 6.84. The van der Waals surface area contributed by atoms with Crippen LogP contribution in [0.3, 0.4) is 0 Å². The van der Waals surface area contributed by atoms with E-state index < -0.39 is 5.97 Å². The van der Waals surface area contributed by atoms with Gasteiger partial charge in [-0.3, -0.25) is 4.79 Å². The summed E-state index contributed by atoms with van der Waals surface area (Å²) in [5.41, 5.74) is 0.132. The largest absolute Gasteiger partial charge is 0.493 e. The van der Waals surface area contributed by atoms with E-state index in [0.29, 0.717) is 35.7 Å². The maximum atomic E-state index is 12.8. The van der Waals surface area contributed by atoms with Gasteiger partial charge in [0, 0.05) is 0 Å². The number of rotatable bonds is 7. The lowest BCUT2D eigenvalue weighted by molar-refractivity contribution is -0.172. The van der Waals surface area contributed by atoms with Crippen LogP contribution in [0.4, 0.5) is 0 Å². The zero-order chi connectivity index (χ0) is 18.9. The van der Waals surface area contributed by atoms with Crippen LogP contribution in [0.15, 0.2) is 24.3 Å². The van der Waals surface area contributed by atoms with E-state index in [2.05, 4.69) is 0 Å². The van der Waals surface area contributed by atoms with Gasteiger partial charge < -0.3 is 14.2 Å². The number of ether oxygens (including phenoxy) is 3. The fourth-order valence-electron chi connectivity index (χ4n) is 5.78. The van der Waals surface area contributed by atoms with Gasteiger partial charge in [0.25, 0.3) is 0 Å². The van der Waals surface area contributed by atoms with E-state index in [9.17, 15) is 9.59 Å². The fraction of sp³-hybridized carbons (Fsp3) is 0.636. The van der Waals surface area contributed by atoms with E-state index in [4.69, 9.17) is 14.2 Å². The van der Waals surface area contributed by atoms with Crippen LogP contribution >= 0.6 is 0 Å². The van der Waals surface area contributed by atoms with Crippen LogP contribution in [0.5, 0.6) is 5.75 Å². The standard InChI is InChI=1S/C22H28O5/c1-2-25-19-6-4-3-5-18(19)20(23)26-7-8-27-21(24)22-12-15-9-16(13-22)11-17(10-15)14-22/h3-6,15-17H,2,7-14H2,1H3. The van der Waals surface area contributed by atoms with Gasteiger partial charge in [0.1, 0.15) is 24.5 Å². The normalized spacial score (nSPS) is 30.8. The second-order valence-electron chi connectivity index (χ2n) is 8.40. The highest BCUT2D eigenvalue weighted by Crippen LogP contribution is 2.60. The lowest BCUT2D eigenvalue weighted by Crippen LogP contribution is -2.50. The van der Waals surface area contributed by atoms with Gasteiger partial charge in [0.2, 0.25) is 0 Å². The topological polar surface area (TPSA) is 61.8 Å². The van der Waals surface area contributed by atoms with Crippen LogP contribution in [0.1, 0.15) is 55.8 Å². The van der Waals surface area contributed by atoms with Gasteiger partial charge in [-0.1, -0.05) is 12.1 Å². The Morgan fingerprint density at radius 1 is 0.963 bits per heavy atom. The van der Waals surface area contributed by atoms with Crippen molar-refractivity contribution in [3.8, 4) is 5.75 Å². The Labute approximate surface area is 160 Å². The van der Waals surface area contributed by atoms with Gasteiger partial charge in [-0.25, -0.2) is 4.79 Å². The zero-order valence-corrected chi connectivity index (χ0v) is 15.9. The summed E-state index contributed by atoms with van der Waals surface area (Å²) >= 11 is 0. The molecule has 0 atom stereocenters. The maximum Gasteiger partial charge on any atom is 0.342 e. The fourth-order valence-corrected chi connectivity index (χ4v) is 5.78. The molecule has 5 nitrogen and oxygen atoms in total. The summed E-state index contributed by atoms with van der Waals surface area (Å²) in [5.74, 6) is 2.10. The maximum absolute atomic E-state index is 12.8. The Bertz CT molecular complexity index is 675. The van der Waals surface area contributed by atoms with E-state index in [-0.39, 0.29) is 24.6 Å². The molecule has 4 aliphatic rings. The molecule has 0 N–H and O–H groups in total. The highest BCUT2D eigenvalue weighted by atomic mass is 16.6. The molecule has 4 bridgehead atoms. The summed E-state index contributed by atoms with van der Waals surface area (Å²) in [6, 6.07) is 7.00. The second kappa shape index (κ2) is 7.53. The average molecular weight is 372 g/mol. The first-order valence-corrected chi connectivity index (χ1v) is 10.2. The van der Waals surface area contributed by atoms with Crippen molar-refractivity contribution < 1.29 is 23.8 Å². The minimum absolute atomic E-state index is 0.0669. The van der Waals surface area contributed by atoms with E-state index in [1.807, 2.05) is 13.0 Å². The minimum Gasteiger partial charge on any atom is -0.493 e. The molecule has 0 amide bonds. The second-order valence-corrected chi connectivity index (χ2v) is 8.40. The highest BCUT2D eigenvalue weighted by molar-refractivity contribution is 5.92. The van der Waals surface area contributed by atoms with Crippen molar-refractivity contribution in [1.29, 1.82) is 0 Å². The summed E-state index contributed by atoms with van der Waals surface area (Å²) in [7, 11) is 0. The van der Waals surface area contributed by atoms with Crippen molar-refractivity contribution in [3.05, 3.63) is 29.8 Å². The van der Waals surface area contributed by atoms with Gasteiger partial charge in [0.05, 0.1) is 12.0 Å². The van der Waals surface area contributed by atoms with Crippen molar-refractivity contribution in [2.75, 3.05) is 19.8 Å². The zero-order valence-electron chi connectivity index (χ0n) is 15.9. The van der Waals surface area contributed by atoms with E-state index in [1.165, 1.54) is 19.3 Å². The molecule has 4 aliphatic carbocycles. The predicted molar refractivity (Wildman–Crippen MR) is 99.5 cm³/mol. The Morgan fingerprint density at radius 3 is 2.19 bits per heavy atom. The average Bonchev–Trinajstić information content (AvgIpc) is 2.64. The van der Waals surface area contributed by atoms with Crippen molar-refractivity contribution in [3.63, 3.8) is 0 Å². The Balaban J connectivity index is 1.27. The molecule has 0 saturated heterocycles. The van der Waals surface area contributed by atoms with E-state index >= 15 is 0 Å². The number of benzene rings is 1. The molecule has 0 aliphatic heterocycles. The van der Waals surface area contributed by atoms with Crippen LogP contribution in [0.2, 0.25) is 0 Å². The molecule has 1 aromatic rings. The number of esters is 2. The molecule has 27 heavy (non-hydrogen) atoms. The molecular weight excluding hydrogens is 344 g/mol. The summed E-state index contributed by atoms with van der Waals surface area (Å²) < 4.78 is 16.3. The summed E-state index contributed by atoms with van der Waals surface area (Å²) in [5, 5.41) is 0. The Morgan fingerprint density at radius 2 is 1.56 bits per heavy atom. The molecule has 0 aromatic heterocycles. The lowest BCUT2D eigenvalue weighted by Gasteiger charge is -2.55. The Hall–Kier alpha value is -2.04. The van der Waals surface area contributed by atoms with Crippen LogP contribution < -0.4 is 4.74 Å². The van der Waals surface area contributed by atoms with Crippen LogP contribution in [-0.4, -0.2) is 31.8 Å². The van der Waals surface area contributed by atoms with Gasteiger partial charge in [-0.15, -0.1) is 0 Å². The van der Waals surface area contributed by atoms with Crippen molar-refractivity contribution >= 4 is 11.9 Å². The first-order valence-electron chi connectivity index (χ1n) is 10.2. The number of para-hydroxylation sites is 1. The van der Waals surface area contributed by atoms with Gasteiger partial charge >= 0.3 is 11.9 Å². The molecule has 5 heteroatoms. The molecule has 0 spiro atoms. The molecule has 1 aromatic carbocycles. The third-order valence-electron chi connectivity index (χ3n) is 6.43. The van der Waals surface area contributed by atoms with E-state index in [0.717, 1.165) is 19.3 Å².